The van der Waals surface area contributed by atoms with Crippen molar-refractivity contribution in [2.75, 3.05) is 13.1 Å². The van der Waals surface area contributed by atoms with Gasteiger partial charge in [0.25, 0.3) is 5.69 Å². The van der Waals surface area contributed by atoms with Gasteiger partial charge in [0, 0.05) is 25.2 Å². The summed E-state index contributed by atoms with van der Waals surface area (Å²) >= 11 is 0. The second-order valence-electron chi connectivity index (χ2n) is 7.50. The second-order valence-corrected chi connectivity index (χ2v) is 7.50. The van der Waals surface area contributed by atoms with E-state index in [1.165, 1.54) is 30.3 Å². The molecule has 4 rings (SSSR count). The molecular weight excluding hydrogens is 411 g/mol. The first-order valence-corrected chi connectivity index (χ1v) is 10.4. The first-order chi connectivity index (χ1) is 15.6. The molecule has 1 aliphatic heterocycles. The Labute approximate surface area is 185 Å². The van der Waals surface area contributed by atoms with Gasteiger partial charge < -0.3 is 14.4 Å². The smallest absolute Gasteiger partial charge is 0.276 e. The summed E-state index contributed by atoms with van der Waals surface area (Å²) in [4.78, 5) is 13.2. The predicted octanol–water partition coefficient (Wildman–Crippen LogP) is 6.17. The number of nitrogens with zero attached hydrogens (tertiary/aromatic N) is 2. The second kappa shape index (κ2) is 9.96. The Morgan fingerprint density at radius 2 is 1.78 bits per heavy atom. The minimum atomic E-state index is -0.446. The van der Waals surface area contributed by atoms with Crippen LogP contribution in [0.15, 0.2) is 72.9 Å². The monoisotopic (exact) mass is 434 g/mol. The van der Waals surface area contributed by atoms with E-state index in [9.17, 15) is 14.5 Å². The first kappa shape index (κ1) is 21.4. The van der Waals surface area contributed by atoms with E-state index in [-0.39, 0.29) is 18.0 Å². The van der Waals surface area contributed by atoms with Crippen LogP contribution in [0.1, 0.15) is 24.0 Å². The van der Waals surface area contributed by atoms with Crippen LogP contribution in [0.5, 0.6) is 17.2 Å². The van der Waals surface area contributed by atoms with Crippen molar-refractivity contribution >= 4 is 11.8 Å². The normalized spacial score (nSPS) is 13.5. The van der Waals surface area contributed by atoms with E-state index in [0.29, 0.717) is 17.1 Å². The van der Waals surface area contributed by atoms with Gasteiger partial charge >= 0.3 is 0 Å². The SMILES string of the molecule is O=[N+]([O-])c1ccc(Oc2ccc(F)cc2OCc2ccccc2)cc1/C=C/N1CCCC1. The number of halogens is 1. The molecule has 6 nitrogen and oxygen atoms in total. The molecule has 0 spiro atoms. The van der Waals surface area contributed by atoms with Gasteiger partial charge in [-0.2, -0.15) is 0 Å². The van der Waals surface area contributed by atoms with E-state index in [1.54, 1.807) is 12.1 Å². The molecule has 0 bridgehead atoms. The van der Waals surface area contributed by atoms with Gasteiger partial charge in [0.15, 0.2) is 11.5 Å². The van der Waals surface area contributed by atoms with Crippen LogP contribution in [0.3, 0.4) is 0 Å². The fourth-order valence-electron chi connectivity index (χ4n) is 3.51. The number of nitro groups is 1. The average molecular weight is 434 g/mol. The summed E-state index contributed by atoms with van der Waals surface area (Å²) in [6.07, 6.45) is 5.84. The van der Waals surface area contributed by atoms with Gasteiger partial charge in [-0.25, -0.2) is 4.39 Å². The lowest BCUT2D eigenvalue weighted by atomic mass is 10.1. The fraction of sp³-hybridized carbons (Fsp3) is 0.200. The highest BCUT2D eigenvalue weighted by Crippen LogP contribution is 2.35. The van der Waals surface area contributed by atoms with Crippen molar-refractivity contribution in [2.45, 2.75) is 19.4 Å². The van der Waals surface area contributed by atoms with Gasteiger partial charge in [0.2, 0.25) is 0 Å². The zero-order chi connectivity index (χ0) is 22.3. The standard InChI is InChI=1S/C25H23FN2O4/c26-21-8-11-24(25(17-21)31-18-19-6-2-1-3-7-19)32-22-9-10-23(28(29)30)20(16-22)12-15-27-13-4-5-14-27/h1-3,6-12,15-17H,4-5,13-14,18H2/b15-12+. The highest BCUT2D eigenvalue weighted by molar-refractivity contribution is 5.63. The highest BCUT2D eigenvalue weighted by Gasteiger charge is 2.16. The quantitative estimate of drug-likeness (QED) is 0.313. The van der Waals surface area contributed by atoms with Crippen molar-refractivity contribution in [3.8, 4) is 17.2 Å². The Morgan fingerprint density at radius 3 is 2.53 bits per heavy atom. The molecule has 1 aliphatic rings. The summed E-state index contributed by atoms with van der Waals surface area (Å²) in [5.41, 5.74) is 1.37. The lowest BCUT2D eigenvalue weighted by Gasteiger charge is -2.14. The zero-order valence-electron chi connectivity index (χ0n) is 17.4. The molecule has 1 saturated heterocycles. The average Bonchev–Trinajstić information content (AvgIpc) is 3.32. The molecule has 1 fully saturated rings. The van der Waals surface area contributed by atoms with E-state index in [1.807, 2.05) is 36.5 Å². The third-order valence-electron chi connectivity index (χ3n) is 5.17. The molecule has 1 heterocycles. The van der Waals surface area contributed by atoms with Crippen molar-refractivity contribution in [3.05, 3.63) is 100.0 Å². The van der Waals surface area contributed by atoms with E-state index >= 15 is 0 Å². The van der Waals surface area contributed by atoms with Crippen LogP contribution in [0, 0.1) is 15.9 Å². The Bertz CT molecular complexity index is 1110. The van der Waals surface area contributed by atoms with Crippen molar-refractivity contribution in [1.82, 2.24) is 4.90 Å². The number of hydrogen-bond donors (Lipinski definition) is 0. The zero-order valence-corrected chi connectivity index (χ0v) is 17.4. The van der Waals surface area contributed by atoms with E-state index in [2.05, 4.69) is 4.90 Å². The van der Waals surface area contributed by atoms with Crippen LogP contribution in [0.4, 0.5) is 10.1 Å². The fourth-order valence-corrected chi connectivity index (χ4v) is 3.51. The van der Waals surface area contributed by atoms with Crippen LogP contribution in [-0.4, -0.2) is 22.9 Å². The van der Waals surface area contributed by atoms with Gasteiger partial charge in [0.05, 0.1) is 10.5 Å². The lowest BCUT2D eigenvalue weighted by Crippen LogP contribution is -2.10. The molecule has 0 aromatic heterocycles. The third-order valence-corrected chi connectivity index (χ3v) is 5.17. The summed E-state index contributed by atoms with van der Waals surface area (Å²) in [6.45, 7) is 2.14. The number of benzene rings is 3. The first-order valence-electron chi connectivity index (χ1n) is 10.4. The maximum Gasteiger partial charge on any atom is 0.276 e. The van der Waals surface area contributed by atoms with Gasteiger partial charge in [0.1, 0.15) is 18.2 Å². The van der Waals surface area contributed by atoms with E-state index in [0.717, 1.165) is 31.5 Å². The predicted molar refractivity (Wildman–Crippen MR) is 120 cm³/mol. The number of ether oxygens (including phenoxy) is 2. The molecule has 32 heavy (non-hydrogen) atoms. The molecule has 0 saturated carbocycles. The number of hydrogen-bond acceptors (Lipinski definition) is 5. The molecule has 0 atom stereocenters. The summed E-state index contributed by atoms with van der Waals surface area (Å²) in [5.74, 6) is 0.526. The molecule has 0 radical (unpaired) electrons. The number of rotatable bonds is 8. The third kappa shape index (κ3) is 5.43. The van der Waals surface area contributed by atoms with E-state index in [4.69, 9.17) is 9.47 Å². The molecule has 3 aromatic rings. The van der Waals surface area contributed by atoms with E-state index < -0.39 is 10.7 Å². The van der Waals surface area contributed by atoms with Crippen LogP contribution in [0.2, 0.25) is 0 Å². The Kier molecular flexibility index (Phi) is 6.65. The molecule has 0 amide bonds. The summed E-state index contributed by atoms with van der Waals surface area (Å²) in [5, 5.41) is 11.5. The molecule has 3 aromatic carbocycles. The topological polar surface area (TPSA) is 64.8 Å². The van der Waals surface area contributed by atoms with Crippen LogP contribution in [-0.2, 0) is 6.61 Å². The Balaban J connectivity index is 1.56. The minimum absolute atomic E-state index is 0.00699. The number of nitro benzene ring substituents is 1. The summed E-state index contributed by atoms with van der Waals surface area (Å²) in [6, 6.07) is 18.1. The molecule has 0 N–H and O–H groups in total. The lowest BCUT2D eigenvalue weighted by molar-refractivity contribution is -0.385. The molecule has 0 aliphatic carbocycles. The summed E-state index contributed by atoms with van der Waals surface area (Å²) < 4.78 is 25.6. The van der Waals surface area contributed by atoms with Crippen molar-refractivity contribution in [2.24, 2.45) is 0 Å². The molecule has 164 valence electrons. The largest absolute Gasteiger partial charge is 0.485 e. The van der Waals surface area contributed by atoms with Gasteiger partial charge in [-0.3, -0.25) is 10.1 Å². The van der Waals surface area contributed by atoms with Gasteiger partial charge in [-0.1, -0.05) is 30.3 Å². The maximum atomic E-state index is 13.8. The molecule has 7 heteroatoms. The van der Waals surface area contributed by atoms with Crippen LogP contribution in [0.25, 0.3) is 6.08 Å². The van der Waals surface area contributed by atoms with Gasteiger partial charge in [-0.05, 0) is 54.9 Å². The minimum Gasteiger partial charge on any atom is -0.485 e. The molecular formula is C25H23FN2O4. The van der Waals surface area contributed by atoms with Crippen molar-refractivity contribution < 1.29 is 18.8 Å². The Hall–Kier alpha value is -3.87. The molecule has 0 unspecified atom stereocenters. The van der Waals surface area contributed by atoms with Crippen molar-refractivity contribution in [1.29, 1.82) is 0 Å². The van der Waals surface area contributed by atoms with Crippen LogP contribution >= 0.6 is 0 Å². The maximum absolute atomic E-state index is 13.8. The highest BCUT2D eigenvalue weighted by atomic mass is 19.1. The Morgan fingerprint density at radius 1 is 1.00 bits per heavy atom. The van der Waals surface area contributed by atoms with Gasteiger partial charge in [-0.15, -0.1) is 0 Å². The number of likely N-dealkylation sites (tertiary alicyclic amines) is 1. The summed E-state index contributed by atoms with van der Waals surface area (Å²) in [7, 11) is 0. The van der Waals surface area contributed by atoms with Crippen molar-refractivity contribution in [3.63, 3.8) is 0 Å². The van der Waals surface area contributed by atoms with Crippen LogP contribution < -0.4 is 9.47 Å².